The van der Waals surface area contributed by atoms with Crippen LogP contribution in [0.1, 0.15) is 58.3 Å². The van der Waals surface area contributed by atoms with E-state index in [2.05, 4.69) is 92.5 Å². The minimum absolute atomic E-state index is 0.433. The molecule has 0 amide bonds. The van der Waals surface area contributed by atoms with Crippen LogP contribution in [0.4, 0.5) is 11.5 Å². The second-order valence-electron chi connectivity index (χ2n) is 12.2. The molecular formula is C38H39CuN6O2S. The Hall–Kier alpha value is -3.89. The molecule has 3 aromatic carbocycles. The van der Waals surface area contributed by atoms with Crippen molar-refractivity contribution in [2.45, 2.75) is 62.6 Å². The molecule has 48 heavy (non-hydrogen) atoms. The summed E-state index contributed by atoms with van der Waals surface area (Å²) in [5.74, 6) is 0.979. The molecule has 0 N–H and O–H groups in total. The second-order valence-corrected chi connectivity index (χ2v) is 13.2. The zero-order valence-electron chi connectivity index (χ0n) is 27.1. The van der Waals surface area contributed by atoms with Crippen molar-refractivity contribution in [1.82, 2.24) is 9.97 Å². The van der Waals surface area contributed by atoms with E-state index < -0.39 is 5.60 Å². The van der Waals surface area contributed by atoms with Gasteiger partial charge in [-0.25, -0.2) is 9.97 Å². The maximum atomic E-state index is 10.9. The molecule has 0 saturated carbocycles. The number of ether oxygens (including phenoxy) is 2. The van der Waals surface area contributed by atoms with Crippen LogP contribution in [0.3, 0.4) is 0 Å². The first-order valence-corrected chi connectivity index (χ1v) is 18.0. The van der Waals surface area contributed by atoms with Gasteiger partial charge in [-0.2, -0.15) is 5.26 Å². The van der Waals surface area contributed by atoms with Gasteiger partial charge in [-0.15, -0.1) is 0 Å². The summed E-state index contributed by atoms with van der Waals surface area (Å²) in [7, 11) is 0. The summed E-state index contributed by atoms with van der Waals surface area (Å²) in [6, 6.07) is 28.1. The van der Waals surface area contributed by atoms with Crippen molar-refractivity contribution in [1.29, 1.82) is 10.5 Å². The van der Waals surface area contributed by atoms with Crippen LogP contribution < -0.4 is 9.80 Å². The van der Waals surface area contributed by atoms with Gasteiger partial charge in [0.05, 0.1) is 30.2 Å². The molecule has 2 aliphatic heterocycles. The van der Waals surface area contributed by atoms with Crippen LogP contribution in [0.25, 0.3) is 0 Å². The molecule has 8 nitrogen and oxygen atoms in total. The van der Waals surface area contributed by atoms with Crippen LogP contribution in [0.5, 0.6) is 0 Å². The molecule has 1 unspecified atom stereocenters. The topological polar surface area (TPSA) is 98.3 Å². The predicted molar refractivity (Wildman–Crippen MR) is 184 cm³/mol. The summed E-state index contributed by atoms with van der Waals surface area (Å²) in [5.41, 5.74) is 7.90. The van der Waals surface area contributed by atoms with Crippen LogP contribution in [0.2, 0.25) is 0 Å². The Morgan fingerprint density at radius 2 is 1.65 bits per heavy atom. The molecule has 250 valence electrons. The molecule has 3 heterocycles. The van der Waals surface area contributed by atoms with Crippen LogP contribution >= 0.6 is 11.8 Å². The molecule has 1 saturated heterocycles. The number of nitrogens with zero attached hydrogens (tertiary/aromatic N) is 6. The van der Waals surface area contributed by atoms with Gasteiger partial charge < -0.3 is 19.3 Å². The normalized spacial score (nSPS) is 18.3. The number of rotatable bonds is 7. The molecule has 4 aromatic rings. The number of aryl methyl sites for hydroxylation is 1. The first-order valence-electron chi connectivity index (χ1n) is 16.3. The van der Waals surface area contributed by atoms with E-state index in [1.165, 1.54) is 21.7 Å². The molecule has 0 bridgehead atoms. The summed E-state index contributed by atoms with van der Waals surface area (Å²) < 4.78 is 12.7. The van der Waals surface area contributed by atoms with Crippen molar-refractivity contribution in [3.05, 3.63) is 112 Å². The molecule has 0 radical (unpaired) electrons. The molecular weight excluding hydrogens is 668 g/mol. The van der Waals surface area contributed by atoms with Crippen molar-refractivity contribution in [2.75, 3.05) is 42.4 Å². The molecule has 1 aliphatic carbocycles. The van der Waals surface area contributed by atoms with Gasteiger partial charge in [-0.05, 0) is 54.7 Å². The van der Waals surface area contributed by atoms with Gasteiger partial charge in [-0.3, -0.25) is 0 Å². The Balaban J connectivity index is 0.00000129. The SMILES string of the molecule is CSc1nc2c(c(N3CCCOCC3)n1)COC1(CCCc3ccc(N(Cc4ccccc4)Cc4ccccc4)c(C#N)c31)C2.N#[C][Cu]. The van der Waals surface area contributed by atoms with E-state index in [1.807, 2.05) is 18.4 Å². The Kier molecular flexibility index (Phi) is 11.3. The third-order valence-electron chi connectivity index (χ3n) is 9.34. The fourth-order valence-electron chi connectivity index (χ4n) is 7.22. The van der Waals surface area contributed by atoms with E-state index in [1.54, 1.807) is 11.8 Å². The van der Waals surface area contributed by atoms with E-state index in [9.17, 15) is 5.26 Å². The van der Waals surface area contributed by atoms with Crippen molar-refractivity contribution >= 4 is 23.3 Å². The van der Waals surface area contributed by atoms with Crippen molar-refractivity contribution in [2.24, 2.45) is 0 Å². The standard InChI is InChI=1S/C37H39N5O2S.CN.Cu/c1-45-36-39-32-22-37(44-26-31(32)35(40-36)41-18-9-20-43-21-19-41)17-8-14-29-15-16-33(30(23-38)34(29)37)42(24-27-10-4-2-5-11-27)25-28-12-6-3-7-13-28;1-2;/h2-7,10-13,15-16H,8-9,14,17-22,24-26H2,1H3;;. The molecule has 3 aliphatic rings. The monoisotopic (exact) mass is 706 g/mol. The quantitative estimate of drug-likeness (QED) is 0.116. The van der Waals surface area contributed by atoms with E-state index >= 15 is 0 Å². The van der Waals surface area contributed by atoms with Gasteiger partial charge in [0.1, 0.15) is 17.5 Å². The maximum absolute atomic E-state index is 10.9. The van der Waals surface area contributed by atoms with Gasteiger partial charge in [0.2, 0.25) is 0 Å². The third-order valence-corrected chi connectivity index (χ3v) is 9.89. The molecule has 10 heteroatoms. The van der Waals surface area contributed by atoms with Gasteiger partial charge in [0.25, 0.3) is 0 Å². The molecule has 1 aromatic heterocycles. The first-order chi connectivity index (χ1) is 23.6. The first kappa shape index (κ1) is 34.0. The van der Waals surface area contributed by atoms with Gasteiger partial charge in [-0.1, -0.05) is 78.5 Å². The third kappa shape index (κ3) is 7.39. The average molecular weight is 707 g/mol. The average Bonchev–Trinajstić information content (AvgIpc) is 3.41. The number of anilines is 2. The summed E-state index contributed by atoms with van der Waals surface area (Å²) in [4.78, 5) is 16.1. The summed E-state index contributed by atoms with van der Waals surface area (Å²) in [6.07, 6.45) is 6.47. The molecule has 1 spiro atoms. The minimum atomic E-state index is -0.601. The number of hydrogen-bond donors (Lipinski definition) is 0. The zero-order valence-corrected chi connectivity index (χ0v) is 28.9. The van der Waals surface area contributed by atoms with Crippen molar-refractivity contribution in [3.63, 3.8) is 0 Å². The number of hydrogen-bond acceptors (Lipinski definition) is 9. The summed E-state index contributed by atoms with van der Waals surface area (Å²) in [5, 5.41) is 18.8. The Labute approximate surface area is 295 Å². The van der Waals surface area contributed by atoms with Crippen LogP contribution in [0.15, 0.2) is 78.0 Å². The number of fused-ring (bicyclic) bond motifs is 3. The van der Waals surface area contributed by atoms with Gasteiger partial charge >= 0.3 is 26.2 Å². The van der Waals surface area contributed by atoms with Crippen LogP contribution in [-0.4, -0.2) is 42.5 Å². The summed E-state index contributed by atoms with van der Waals surface area (Å²) >= 11 is 5.39. The summed E-state index contributed by atoms with van der Waals surface area (Å²) in [6.45, 7) is 5.03. The van der Waals surface area contributed by atoms with E-state index in [0.717, 1.165) is 84.4 Å². The number of benzene rings is 3. The fourth-order valence-corrected chi connectivity index (χ4v) is 7.60. The van der Waals surface area contributed by atoms with Crippen LogP contribution in [0, 0.1) is 21.6 Å². The number of nitriles is 2. The van der Waals surface area contributed by atoms with Gasteiger partial charge in [0.15, 0.2) is 5.16 Å². The second kappa shape index (κ2) is 16.0. The molecule has 1 fully saturated rings. The predicted octanol–water partition coefficient (Wildman–Crippen LogP) is 6.82. The Bertz CT molecular complexity index is 1750. The van der Waals surface area contributed by atoms with Gasteiger partial charge in [0, 0.05) is 50.3 Å². The Morgan fingerprint density at radius 1 is 0.938 bits per heavy atom. The van der Waals surface area contributed by atoms with Crippen LogP contribution in [-0.2, 0) is 63.6 Å². The number of aromatic nitrogens is 2. The van der Waals surface area contributed by atoms with E-state index in [4.69, 9.17) is 24.7 Å². The number of thioether (sulfide) groups is 1. The Morgan fingerprint density at radius 3 is 2.31 bits per heavy atom. The fraction of sp³-hybridized carbons (Fsp3) is 0.368. The zero-order chi connectivity index (χ0) is 33.3. The van der Waals surface area contributed by atoms with Crippen molar-refractivity contribution < 1.29 is 25.5 Å². The molecule has 7 rings (SSSR count). The molecule has 1 atom stereocenters. The van der Waals surface area contributed by atoms with E-state index in [0.29, 0.717) is 32.7 Å². The van der Waals surface area contributed by atoms with E-state index in [-0.39, 0.29) is 0 Å². The van der Waals surface area contributed by atoms with Crippen molar-refractivity contribution in [3.8, 4) is 11.0 Å².